The number of ether oxygens (including phenoxy) is 1. The lowest BCUT2D eigenvalue weighted by molar-refractivity contribution is 0.305. The molecule has 0 aliphatic heterocycles. The van der Waals surface area contributed by atoms with Gasteiger partial charge in [-0.3, -0.25) is 0 Å². The second-order valence-corrected chi connectivity index (χ2v) is 5.19. The van der Waals surface area contributed by atoms with E-state index in [-0.39, 0.29) is 5.75 Å². The van der Waals surface area contributed by atoms with Crippen LogP contribution in [-0.4, -0.2) is 11.6 Å². The van der Waals surface area contributed by atoms with E-state index in [0.717, 1.165) is 10.7 Å². The van der Waals surface area contributed by atoms with Crippen LogP contribution in [0.3, 0.4) is 0 Å². The van der Waals surface area contributed by atoms with E-state index in [4.69, 9.17) is 27.9 Å². The van der Waals surface area contributed by atoms with Gasteiger partial charge >= 0.3 is 0 Å². The van der Waals surface area contributed by atoms with Crippen LogP contribution < -0.4 is 4.74 Å². The number of rotatable bonds is 5. The van der Waals surface area contributed by atoms with E-state index in [1.165, 1.54) is 23.5 Å². The second kappa shape index (κ2) is 6.36. The topological polar surface area (TPSA) is 22.1 Å². The van der Waals surface area contributed by atoms with Gasteiger partial charge in [0.1, 0.15) is 0 Å². The maximum absolute atomic E-state index is 13.4. The first kappa shape index (κ1) is 13.6. The monoisotopic (exact) mass is 305 g/mol. The normalized spacial score (nSPS) is 10.6. The molecule has 1 heterocycles. The molecule has 6 heteroatoms. The van der Waals surface area contributed by atoms with Crippen LogP contribution in [0.2, 0.25) is 5.02 Å². The van der Waals surface area contributed by atoms with Crippen LogP contribution in [-0.2, 0) is 12.3 Å². The van der Waals surface area contributed by atoms with Crippen LogP contribution >= 0.6 is 34.5 Å². The van der Waals surface area contributed by atoms with Crippen molar-refractivity contribution in [1.29, 1.82) is 0 Å². The third-order valence-corrected chi connectivity index (χ3v) is 3.67. The Morgan fingerprint density at radius 3 is 2.89 bits per heavy atom. The average Bonchev–Trinajstić information content (AvgIpc) is 2.80. The standard InChI is InChI=1S/C12H10Cl2FNOS/c13-6-9-7-18-12(16-9)3-4-17-11-2-1-8(14)5-10(11)15/h1-2,5,7H,3-4,6H2. The Morgan fingerprint density at radius 2 is 2.22 bits per heavy atom. The molecular formula is C12H10Cl2FNOS. The number of benzene rings is 1. The zero-order valence-corrected chi connectivity index (χ0v) is 11.7. The SMILES string of the molecule is Fc1cc(Cl)ccc1OCCc1nc(CCl)cs1. The van der Waals surface area contributed by atoms with E-state index in [0.29, 0.717) is 23.9 Å². The summed E-state index contributed by atoms with van der Waals surface area (Å²) in [5.41, 5.74) is 0.856. The lowest BCUT2D eigenvalue weighted by Gasteiger charge is -2.06. The molecule has 0 bridgehead atoms. The first-order valence-electron chi connectivity index (χ1n) is 5.26. The van der Waals surface area contributed by atoms with E-state index < -0.39 is 5.82 Å². The zero-order chi connectivity index (χ0) is 13.0. The van der Waals surface area contributed by atoms with Crippen molar-refractivity contribution < 1.29 is 9.13 Å². The lowest BCUT2D eigenvalue weighted by Crippen LogP contribution is -2.02. The molecule has 96 valence electrons. The molecule has 0 spiro atoms. The Bertz CT molecular complexity index is 533. The largest absolute Gasteiger partial charge is 0.490 e. The maximum atomic E-state index is 13.4. The Kier molecular flexibility index (Phi) is 4.80. The number of halogens is 3. The molecule has 0 radical (unpaired) electrons. The van der Waals surface area contributed by atoms with Gasteiger partial charge in [-0.05, 0) is 18.2 Å². The van der Waals surface area contributed by atoms with Gasteiger partial charge in [0.2, 0.25) is 0 Å². The van der Waals surface area contributed by atoms with Crippen LogP contribution in [0, 0.1) is 5.82 Å². The fraction of sp³-hybridized carbons (Fsp3) is 0.250. The summed E-state index contributed by atoms with van der Waals surface area (Å²) in [5, 5.41) is 3.19. The number of thiazole rings is 1. The van der Waals surface area contributed by atoms with Gasteiger partial charge < -0.3 is 4.74 Å². The highest BCUT2D eigenvalue weighted by Gasteiger charge is 2.05. The van der Waals surface area contributed by atoms with Gasteiger partial charge in [-0.25, -0.2) is 9.37 Å². The number of hydrogen-bond donors (Lipinski definition) is 0. The Hall–Kier alpha value is -0.840. The van der Waals surface area contributed by atoms with Crippen molar-refractivity contribution in [3.63, 3.8) is 0 Å². The molecule has 0 atom stereocenters. The summed E-state index contributed by atoms with van der Waals surface area (Å²) in [5.74, 6) is 0.153. The molecule has 0 saturated carbocycles. The average molecular weight is 306 g/mol. The lowest BCUT2D eigenvalue weighted by atomic mass is 10.3. The number of nitrogens with zero attached hydrogens (tertiary/aromatic N) is 1. The minimum absolute atomic E-state index is 0.202. The minimum Gasteiger partial charge on any atom is -0.490 e. The highest BCUT2D eigenvalue weighted by molar-refractivity contribution is 7.09. The molecule has 0 saturated heterocycles. The smallest absolute Gasteiger partial charge is 0.166 e. The molecule has 1 aromatic heterocycles. The predicted octanol–water partition coefficient (Wildman–Crippen LogP) is 4.30. The summed E-state index contributed by atoms with van der Waals surface area (Å²) in [6.07, 6.45) is 0.629. The zero-order valence-electron chi connectivity index (χ0n) is 9.33. The van der Waals surface area contributed by atoms with Crippen molar-refractivity contribution in [3.8, 4) is 5.75 Å². The van der Waals surface area contributed by atoms with Crippen molar-refractivity contribution in [3.05, 3.63) is 45.1 Å². The van der Waals surface area contributed by atoms with Gasteiger partial charge in [-0.2, -0.15) is 0 Å². The minimum atomic E-state index is -0.455. The third kappa shape index (κ3) is 3.57. The van der Waals surface area contributed by atoms with Crippen LogP contribution in [0.15, 0.2) is 23.6 Å². The summed E-state index contributed by atoms with van der Waals surface area (Å²) in [4.78, 5) is 4.29. The number of aromatic nitrogens is 1. The second-order valence-electron chi connectivity index (χ2n) is 3.54. The van der Waals surface area contributed by atoms with Gasteiger partial charge in [0.25, 0.3) is 0 Å². The van der Waals surface area contributed by atoms with Crippen molar-refractivity contribution in [1.82, 2.24) is 4.98 Å². The third-order valence-electron chi connectivity index (χ3n) is 2.20. The van der Waals surface area contributed by atoms with E-state index in [9.17, 15) is 4.39 Å². The summed E-state index contributed by atoms with van der Waals surface area (Å²) in [6, 6.07) is 4.34. The predicted molar refractivity (Wildman–Crippen MR) is 72.3 cm³/mol. The van der Waals surface area contributed by atoms with Crippen LogP contribution in [0.4, 0.5) is 4.39 Å². The Balaban J connectivity index is 1.88. The van der Waals surface area contributed by atoms with Gasteiger partial charge in [-0.1, -0.05) is 11.6 Å². The summed E-state index contributed by atoms with van der Waals surface area (Å²) in [7, 11) is 0. The van der Waals surface area contributed by atoms with E-state index in [2.05, 4.69) is 4.98 Å². The van der Waals surface area contributed by atoms with Gasteiger partial charge in [0.05, 0.1) is 23.2 Å². The molecule has 0 unspecified atom stereocenters. The molecular weight excluding hydrogens is 296 g/mol. The summed E-state index contributed by atoms with van der Waals surface area (Å²) in [6.45, 7) is 0.369. The number of hydrogen-bond acceptors (Lipinski definition) is 3. The fourth-order valence-corrected chi connectivity index (χ4v) is 2.53. The van der Waals surface area contributed by atoms with Gasteiger partial charge in [-0.15, -0.1) is 22.9 Å². The number of alkyl halides is 1. The van der Waals surface area contributed by atoms with Gasteiger partial charge in [0, 0.05) is 16.8 Å². The molecule has 2 rings (SSSR count). The first-order valence-corrected chi connectivity index (χ1v) is 7.05. The highest BCUT2D eigenvalue weighted by Crippen LogP contribution is 2.21. The van der Waals surface area contributed by atoms with Crippen LogP contribution in [0.1, 0.15) is 10.7 Å². The fourth-order valence-electron chi connectivity index (χ4n) is 1.37. The van der Waals surface area contributed by atoms with Gasteiger partial charge in [0.15, 0.2) is 11.6 Å². The molecule has 0 aliphatic carbocycles. The molecule has 0 aliphatic rings. The Morgan fingerprint density at radius 1 is 1.39 bits per heavy atom. The van der Waals surface area contributed by atoms with Crippen LogP contribution in [0.5, 0.6) is 5.75 Å². The quantitative estimate of drug-likeness (QED) is 0.769. The van der Waals surface area contributed by atoms with Crippen molar-refractivity contribution in [2.75, 3.05) is 6.61 Å². The van der Waals surface area contributed by atoms with E-state index in [1.807, 2.05) is 5.38 Å². The van der Waals surface area contributed by atoms with Crippen molar-refractivity contribution >= 4 is 34.5 Å². The molecule has 1 aromatic carbocycles. The van der Waals surface area contributed by atoms with E-state index in [1.54, 1.807) is 6.07 Å². The highest BCUT2D eigenvalue weighted by atomic mass is 35.5. The molecule has 2 nitrogen and oxygen atoms in total. The molecule has 0 amide bonds. The van der Waals surface area contributed by atoms with Crippen LogP contribution in [0.25, 0.3) is 0 Å². The summed E-state index contributed by atoms with van der Waals surface area (Å²) < 4.78 is 18.7. The maximum Gasteiger partial charge on any atom is 0.166 e. The molecule has 18 heavy (non-hydrogen) atoms. The van der Waals surface area contributed by atoms with E-state index >= 15 is 0 Å². The molecule has 2 aromatic rings. The first-order chi connectivity index (χ1) is 8.69. The Labute approximate surface area is 118 Å². The summed E-state index contributed by atoms with van der Waals surface area (Å²) >= 11 is 12.8. The van der Waals surface area contributed by atoms with Crippen molar-refractivity contribution in [2.24, 2.45) is 0 Å². The molecule has 0 N–H and O–H groups in total. The van der Waals surface area contributed by atoms with Crippen molar-refractivity contribution in [2.45, 2.75) is 12.3 Å². The molecule has 0 fully saturated rings.